The van der Waals surface area contributed by atoms with E-state index in [0.717, 1.165) is 0 Å². The Hall–Kier alpha value is -1.85. The van der Waals surface area contributed by atoms with Gasteiger partial charge in [-0.15, -0.1) is 11.3 Å². The number of carbonyl (C=O) groups excluding carboxylic acids is 1. The molecular weight excluding hydrogens is 342 g/mol. The highest BCUT2D eigenvalue weighted by atomic mass is 32.1. The molecule has 1 aromatic carbocycles. The van der Waals surface area contributed by atoms with Crippen molar-refractivity contribution in [1.29, 1.82) is 0 Å². The van der Waals surface area contributed by atoms with Gasteiger partial charge in [0.15, 0.2) is 0 Å². The normalized spacial score (nSPS) is 16.3. The van der Waals surface area contributed by atoms with Gasteiger partial charge in [-0.2, -0.15) is 0 Å². The fourth-order valence-corrected chi connectivity index (χ4v) is 4.24. The Balaban J connectivity index is 1.66. The minimum absolute atomic E-state index is 0.0386. The summed E-state index contributed by atoms with van der Waals surface area (Å²) in [6, 6.07) is 15.0. The lowest BCUT2D eigenvalue weighted by Crippen LogP contribution is -2.47. The van der Waals surface area contributed by atoms with Crippen LogP contribution in [0.4, 0.5) is 4.79 Å². The van der Waals surface area contributed by atoms with Crippen LogP contribution < -0.4 is 5.32 Å². The van der Waals surface area contributed by atoms with Gasteiger partial charge in [0.25, 0.3) is 0 Å². The molecule has 1 aliphatic rings. The monoisotopic (exact) mass is 371 g/mol. The fraction of sp³-hybridized carbons (Fsp3) is 0.476. The molecule has 1 N–H and O–H groups in total. The van der Waals surface area contributed by atoms with E-state index in [2.05, 4.69) is 60.9 Å². The molecule has 5 heteroatoms. The Morgan fingerprint density at radius 2 is 1.92 bits per heavy atom. The summed E-state index contributed by atoms with van der Waals surface area (Å²) in [5, 5.41) is 5.28. The molecule has 0 spiro atoms. The number of likely N-dealkylation sites (N-methyl/N-ethyl adjacent to an activating group) is 1. The maximum atomic E-state index is 13.0. The highest BCUT2D eigenvalue weighted by Gasteiger charge is 2.34. The smallest absolute Gasteiger partial charge is 0.318 e. The van der Waals surface area contributed by atoms with E-state index in [1.165, 1.54) is 23.3 Å². The molecule has 0 bridgehead atoms. The molecule has 2 atom stereocenters. The summed E-state index contributed by atoms with van der Waals surface area (Å²) < 4.78 is 0. The number of nitrogens with zero attached hydrogens (tertiary/aromatic N) is 2. The lowest BCUT2D eigenvalue weighted by molar-refractivity contribution is 0.163. The standard InChI is InChI=1S/C21H29N3OS/c1-16(18-11-12-18)24(15-17-8-5-4-6-9-17)21(25)22-14-19(23(2)3)20-10-7-13-26-20/h4-10,13,16,18-19H,11-12,14-15H2,1-3H3,(H,22,25)/t16-,19+/m0/s1. The third kappa shape index (κ3) is 4.86. The van der Waals surface area contributed by atoms with Gasteiger partial charge in [0.1, 0.15) is 0 Å². The number of benzene rings is 1. The molecule has 1 fully saturated rings. The van der Waals surface area contributed by atoms with Crippen molar-refractivity contribution < 1.29 is 4.79 Å². The van der Waals surface area contributed by atoms with Gasteiger partial charge in [-0.3, -0.25) is 0 Å². The highest BCUT2D eigenvalue weighted by Crippen LogP contribution is 2.35. The maximum absolute atomic E-state index is 13.0. The van der Waals surface area contributed by atoms with Crippen molar-refractivity contribution in [2.75, 3.05) is 20.6 Å². The molecule has 0 aliphatic heterocycles. The highest BCUT2D eigenvalue weighted by molar-refractivity contribution is 7.10. The largest absolute Gasteiger partial charge is 0.336 e. The van der Waals surface area contributed by atoms with Crippen LogP contribution in [-0.2, 0) is 6.54 Å². The molecule has 1 saturated carbocycles. The Labute approximate surface area is 160 Å². The van der Waals surface area contributed by atoms with Gasteiger partial charge < -0.3 is 15.1 Å². The Morgan fingerprint density at radius 3 is 2.50 bits per heavy atom. The van der Waals surface area contributed by atoms with Gasteiger partial charge in [-0.05, 0) is 56.8 Å². The van der Waals surface area contributed by atoms with Crippen LogP contribution in [0.3, 0.4) is 0 Å². The third-order valence-corrected chi connectivity index (χ3v) is 6.17. The van der Waals surface area contributed by atoms with E-state index in [1.807, 2.05) is 23.1 Å². The summed E-state index contributed by atoms with van der Waals surface area (Å²) >= 11 is 1.74. The van der Waals surface area contributed by atoms with Crippen LogP contribution in [0.1, 0.15) is 36.2 Å². The summed E-state index contributed by atoms with van der Waals surface area (Å²) in [7, 11) is 4.12. The van der Waals surface area contributed by atoms with Crippen molar-refractivity contribution in [3.63, 3.8) is 0 Å². The maximum Gasteiger partial charge on any atom is 0.318 e. The number of hydrogen-bond acceptors (Lipinski definition) is 3. The van der Waals surface area contributed by atoms with Crippen molar-refractivity contribution in [2.45, 2.75) is 38.4 Å². The number of carbonyl (C=O) groups is 1. The zero-order chi connectivity index (χ0) is 18.5. The van der Waals surface area contributed by atoms with E-state index in [4.69, 9.17) is 0 Å². The quantitative estimate of drug-likeness (QED) is 0.748. The van der Waals surface area contributed by atoms with E-state index in [0.29, 0.717) is 19.0 Å². The van der Waals surface area contributed by atoms with E-state index in [1.54, 1.807) is 11.3 Å². The average Bonchev–Trinajstić information content (AvgIpc) is 3.36. The molecule has 26 heavy (non-hydrogen) atoms. The molecule has 2 amide bonds. The van der Waals surface area contributed by atoms with E-state index in [9.17, 15) is 4.79 Å². The summed E-state index contributed by atoms with van der Waals surface area (Å²) in [5.74, 6) is 0.645. The minimum atomic E-state index is 0.0386. The number of urea groups is 1. The van der Waals surface area contributed by atoms with E-state index in [-0.39, 0.29) is 18.1 Å². The van der Waals surface area contributed by atoms with Crippen LogP contribution in [0, 0.1) is 5.92 Å². The summed E-state index contributed by atoms with van der Waals surface area (Å²) in [6.45, 7) is 3.47. The number of rotatable bonds is 8. The molecular formula is C21H29N3OS. The van der Waals surface area contributed by atoms with Crippen LogP contribution in [0.2, 0.25) is 0 Å². The summed E-state index contributed by atoms with van der Waals surface area (Å²) in [6.07, 6.45) is 2.46. The molecule has 1 aromatic heterocycles. The Bertz CT molecular complexity index is 683. The Kier molecular flexibility index (Phi) is 6.33. The Morgan fingerprint density at radius 1 is 1.19 bits per heavy atom. The molecule has 140 valence electrons. The molecule has 0 radical (unpaired) electrons. The first kappa shape index (κ1) is 18.9. The van der Waals surface area contributed by atoms with Crippen LogP contribution in [0.5, 0.6) is 0 Å². The van der Waals surface area contributed by atoms with Crippen molar-refractivity contribution in [3.8, 4) is 0 Å². The SMILES string of the molecule is C[C@@H](C1CC1)N(Cc1ccccc1)C(=O)NC[C@H](c1cccs1)N(C)C. The van der Waals surface area contributed by atoms with Gasteiger partial charge in [-0.1, -0.05) is 36.4 Å². The van der Waals surface area contributed by atoms with Gasteiger partial charge in [0.05, 0.1) is 6.04 Å². The fourth-order valence-electron chi connectivity index (χ4n) is 3.32. The molecule has 0 saturated heterocycles. The van der Waals surface area contributed by atoms with E-state index >= 15 is 0 Å². The first-order valence-corrected chi connectivity index (χ1v) is 10.2. The van der Waals surface area contributed by atoms with Crippen LogP contribution in [0.15, 0.2) is 47.8 Å². The first-order valence-electron chi connectivity index (χ1n) is 9.34. The molecule has 1 heterocycles. The zero-order valence-electron chi connectivity index (χ0n) is 15.9. The second-order valence-corrected chi connectivity index (χ2v) is 8.35. The summed E-state index contributed by atoms with van der Waals surface area (Å²) in [4.78, 5) is 18.5. The lowest BCUT2D eigenvalue weighted by atomic mass is 10.1. The molecule has 2 aromatic rings. The second-order valence-electron chi connectivity index (χ2n) is 7.37. The van der Waals surface area contributed by atoms with Gasteiger partial charge in [-0.25, -0.2) is 4.79 Å². The molecule has 0 unspecified atom stereocenters. The van der Waals surface area contributed by atoms with Crippen molar-refractivity contribution in [2.24, 2.45) is 5.92 Å². The van der Waals surface area contributed by atoms with Crippen molar-refractivity contribution in [3.05, 3.63) is 58.3 Å². The topological polar surface area (TPSA) is 35.6 Å². The zero-order valence-corrected chi connectivity index (χ0v) is 16.7. The number of thiophene rings is 1. The van der Waals surface area contributed by atoms with Crippen molar-refractivity contribution in [1.82, 2.24) is 15.1 Å². The second kappa shape index (κ2) is 8.69. The molecule has 1 aliphatic carbocycles. The average molecular weight is 372 g/mol. The molecule has 3 rings (SSSR count). The van der Waals surface area contributed by atoms with Gasteiger partial charge in [0.2, 0.25) is 0 Å². The molecule has 4 nitrogen and oxygen atoms in total. The number of hydrogen-bond donors (Lipinski definition) is 1. The van der Waals surface area contributed by atoms with Crippen LogP contribution >= 0.6 is 11.3 Å². The number of amides is 2. The van der Waals surface area contributed by atoms with E-state index < -0.39 is 0 Å². The first-order chi connectivity index (χ1) is 12.6. The number of nitrogens with one attached hydrogen (secondary N) is 1. The lowest BCUT2D eigenvalue weighted by Gasteiger charge is -2.31. The minimum Gasteiger partial charge on any atom is -0.336 e. The summed E-state index contributed by atoms with van der Waals surface area (Å²) in [5.41, 5.74) is 1.18. The van der Waals surface area contributed by atoms with Crippen LogP contribution in [0.25, 0.3) is 0 Å². The van der Waals surface area contributed by atoms with Crippen LogP contribution in [-0.4, -0.2) is 42.5 Å². The van der Waals surface area contributed by atoms with Crippen molar-refractivity contribution >= 4 is 17.4 Å². The van der Waals surface area contributed by atoms with Gasteiger partial charge in [0, 0.05) is 24.0 Å². The predicted molar refractivity (Wildman–Crippen MR) is 108 cm³/mol. The van der Waals surface area contributed by atoms with Gasteiger partial charge >= 0.3 is 6.03 Å². The third-order valence-electron chi connectivity index (χ3n) is 5.19. The predicted octanol–water partition coefficient (Wildman–Crippen LogP) is 4.36.